The van der Waals surface area contributed by atoms with Crippen molar-refractivity contribution in [2.24, 2.45) is 5.73 Å². The standard InChI is InChI=1S/C18H18N2O/c1-13-6-8-14(9-7-13)11-20-12-15(10-18(19)21)16-4-2-3-5-17(16)20/h2-9,12H,10-11H2,1H3,(H2,19,21). The highest BCUT2D eigenvalue weighted by Gasteiger charge is 2.10. The lowest BCUT2D eigenvalue weighted by Gasteiger charge is -2.06. The van der Waals surface area contributed by atoms with Gasteiger partial charge in [-0.1, -0.05) is 48.0 Å². The molecule has 0 bridgehead atoms. The van der Waals surface area contributed by atoms with Crippen molar-refractivity contribution in [1.82, 2.24) is 4.57 Å². The van der Waals surface area contributed by atoms with Gasteiger partial charge in [-0.15, -0.1) is 0 Å². The van der Waals surface area contributed by atoms with Crippen LogP contribution in [0, 0.1) is 6.92 Å². The van der Waals surface area contributed by atoms with Crippen LogP contribution in [0.1, 0.15) is 16.7 Å². The zero-order valence-electron chi connectivity index (χ0n) is 12.0. The molecular weight excluding hydrogens is 260 g/mol. The molecule has 3 aromatic rings. The summed E-state index contributed by atoms with van der Waals surface area (Å²) in [5.74, 6) is -0.298. The largest absolute Gasteiger partial charge is 0.369 e. The van der Waals surface area contributed by atoms with E-state index >= 15 is 0 Å². The number of nitrogens with two attached hydrogens (primary N) is 1. The van der Waals surface area contributed by atoms with Gasteiger partial charge in [0.2, 0.25) is 5.91 Å². The lowest BCUT2D eigenvalue weighted by Crippen LogP contribution is -2.13. The van der Waals surface area contributed by atoms with Crippen LogP contribution in [0.5, 0.6) is 0 Å². The monoisotopic (exact) mass is 278 g/mol. The van der Waals surface area contributed by atoms with Crippen molar-refractivity contribution < 1.29 is 4.79 Å². The van der Waals surface area contributed by atoms with E-state index in [1.807, 2.05) is 24.4 Å². The number of amides is 1. The molecule has 0 saturated heterocycles. The normalized spacial score (nSPS) is 10.9. The van der Waals surface area contributed by atoms with E-state index in [-0.39, 0.29) is 12.3 Å². The summed E-state index contributed by atoms with van der Waals surface area (Å²) in [6.07, 6.45) is 2.32. The molecule has 0 aliphatic carbocycles. The van der Waals surface area contributed by atoms with Gasteiger partial charge in [0.25, 0.3) is 0 Å². The van der Waals surface area contributed by atoms with Crippen molar-refractivity contribution >= 4 is 16.8 Å². The number of carbonyl (C=O) groups excluding carboxylic acids is 1. The Bertz CT molecular complexity index is 785. The van der Waals surface area contributed by atoms with Crippen LogP contribution in [0.25, 0.3) is 10.9 Å². The van der Waals surface area contributed by atoms with E-state index in [2.05, 4.69) is 41.8 Å². The molecule has 3 nitrogen and oxygen atoms in total. The van der Waals surface area contributed by atoms with Crippen molar-refractivity contribution in [2.45, 2.75) is 19.9 Å². The minimum atomic E-state index is -0.298. The Labute approximate surface area is 124 Å². The molecule has 1 aromatic heterocycles. The first-order valence-corrected chi connectivity index (χ1v) is 7.04. The maximum atomic E-state index is 11.2. The number of para-hydroxylation sites is 1. The lowest BCUT2D eigenvalue weighted by molar-refractivity contribution is -0.117. The number of fused-ring (bicyclic) bond motifs is 1. The molecule has 2 aromatic carbocycles. The predicted molar refractivity (Wildman–Crippen MR) is 85.1 cm³/mol. The molecule has 2 N–H and O–H groups in total. The van der Waals surface area contributed by atoms with Gasteiger partial charge in [0.1, 0.15) is 0 Å². The van der Waals surface area contributed by atoms with Crippen molar-refractivity contribution in [1.29, 1.82) is 0 Å². The lowest BCUT2D eigenvalue weighted by atomic mass is 10.1. The van der Waals surface area contributed by atoms with Gasteiger partial charge >= 0.3 is 0 Å². The highest BCUT2D eigenvalue weighted by molar-refractivity contribution is 5.88. The first-order chi connectivity index (χ1) is 10.1. The van der Waals surface area contributed by atoms with Gasteiger partial charge in [0.05, 0.1) is 6.42 Å². The maximum absolute atomic E-state index is 11.2. The Kier molecular flexibility index (Phi) is 3.48. The van der Waals surface area contributed by atoms with Gasteiger partial charge in [0, 0.05) is 23.6 Å². The fourth-order valence-electron chi connectivity index (χ4n) is 2.67. The Balaban J connectivity index is 2.01. The van der Waals surface area contributed by atoms with E-state index < -0.39 is 0 Å². The average Bonchev–Trinajstić information content (AvgIpc) is 2.79. The summed E-state index contributed by atoms with van der Waals surface area (Å²) < 4.78 is 2.18. The second-order valence-electron chi connectivity index (χ2n) is 5.43. The third-order valence-corrected chi connectivity index (χ3v) is 3.71. The molecule has 0 unspecified atom stereocenters. The highest BCUT2D eigenvalue weighted by atomic mass is 16.1. The van der Waals surface area contributed by atoms with Crippen LogP contribution in [-0.2, 0) is 17.8 Å². The molecule has 3 heteroatoms. The van der Waals surface area contributed by atoms with Crippen molar-refractivity contribution in [3.05, 3.63) is 71.4 Å². The van der Waals surface area contributed by atoms with Crippen LogP contribution in [0.2, 0.25) is 0 Å². The Morgan fingerprint density at radius 3 is 2.52 bits per heavy atom. The molecule has 0 aliphatic rings. The van der Waals surface area contributed by atoms with E-state index in [0.717, 1.165) is 23.0 Å². The number of hydrogen-bond donors (Lipinski definition) is 1. The van der Waals surface area contributed by atoms with E-state index in [9.17, 15) is 4.79 Å². The summed E-state index contributed by atoms with van der Waals surface area (Å²) >= 11 is 0. The van der Waals surface area contributed by atoms with Crippen LogP contribution in [0.4, 0.5) is 0 Å². The van der Waals surface area contributed by atoms with Crippen LogP contribution in [0.15, 0.2) is 54.7 Å². The second-order valence-corrected chi connectivity index (χ2v) is 5.43. The zero-order valence-corrected chi connectivity index (χ0v) is 12.0. The van der Waals surface area contributed by atoms with Gasteiger partial charge in [-0.25, -0.2) is 0 Å². The molecular formula is C18H18N2O. The van der Waals surface area contributed by atoms with Crippen molar-refractivity contribution in [3.63, 3.8) is 0 Å². The molecule has 21 heavy (non-hydrogen) atoms. The maximum Gasteiger partial charge on any atom is 0.221 e. The summed E-state index contributed by atoms with van der Waals surface area (Å²) in [5.41, 5.74) is 9.97. The first-order valence-electron chi connectivity index (χ1n) is 7.04. The molecule has 3 rings (SSSR count). The molecule has 0 fully saturated rings. The van der Waals surface area contributed by atoms with Crippen LogP contribution in [-0.4, -0.2) is 10.5 Å². The first kappa shape index (κ1) is 13.4. The molecule has 1 heterocycles. The topological polar surface area (TPSA) is 48.0 Å². The SMILES string of the molecule is Cc1ccc(Cn2cc(CC(N)=O)c3ccccc32)cc1. The summed E-state index contributed by atoms with van der Waals surface area (Å²) in [6, 6.07) is 16.6. The predicted octanol–water partition coefficient (Wildman–Crippen LogP) is 3.03. The summed E-state index contributed by atoms with van der Waals surface area (Å²) in [5, 5.41) is 1.10. The van der Waals surface area contributed by atoms with Crippen molar-refractivity contribution in [2.75, 3.05) is 0 Å². The van der Waals surface area contributed by atoms with E-state index in [0.29, 0.717) is 0 Å². The van der Waals surface area contributed by atoms with Crippen LogP contribution < -0.4 is 5.73 Å². The average molecular weight is 278 g/mol. The molecule has 106 valence electrons. The van der Waals surface area contributed by atoms with Crippen LogP contribution in [0.3, 0.4) is 0 Å². The highest BCUT2D eigenvalue weighted by Crippen LogP contribution is 2.23. The smallest absolute Gasteiger partial charge is 0.221 e. The fraction of sp³-hybridized carbons (Fsp3) is 0.167. The molecule has 0 aliphatic heterocycles. The number of carbonyl (C=O) groups is 1. The van der Waals surface area contributed by atoms with Crippen molar-refractivity contribution in [3.8, 4) is 0 Å². The van der Waals surface area contributed by atoms with Gasteiger partial charge in [0.15, 0.2) is 0 Å². The Morgan fingerprint density at radius 2 is 1.81 bits per heavy atom. The summed E-state index contributed by atoms with van der Waals surface area (Å²) in [7, 11) is 0. The molecule has 1 amide bonds. The number of primary amides is 1. The number of hydrogen-bond acceptors (Lipinski definition) is 1. The number of aryl methyl sites for hydroxylation is 1. The molecule has 0 saturated carbocycles. The van der Waals surface area contributed by atoms with E-state index in [1.54, 1.807) is 0 Å². The molecule has 0 radical (unpaired) electrons. The van der Waals surface area contributed by atoms with Gasteiger partial charge in [-0.3, -0.25) is 4.79 Å². The number of benzene rings is 2. The van der Waals surface area contributed by atoms with E-state index in [1.165, 1.54) is 11.1 Å². The molecule has 0 spiro atoms. The zero-order chi connectivity index (χ0) is 14.8. The van der Waals surface area contributed by atoms with Gasteiger partial charge < -0.3 is 10.3 Å². The third kappa shape index (κ3) is 2.82. The Hall–Kier alpha value is -2.55. The van der Waals surface area contributed by atoms with Gasteiger partial charge in [-0.05, 0) is 24.1 Å². The van der Waals surface area contributed by atoms with Crippen LogP contribution >= 0.6 is 0 Å². The van der Waals surface area contributed by atoms with Gasteiger partial charge in [-0.2, -0.15) is 0 Å². The summed E-state index contributed by atoms with van der Waals surface area (Å²) in [4.78, 5) is 11.2. The Morgan fingerprint density at radius 1 is 1.10 bits per heavy atom. The minimum absolute atomic E-state index is 0.279. The number of nitrogens with zero attached hydrogens (tertiary/aromatic N) is 1. The third-order valence-electron chi connectivity index (χ3n) is 3.71. The minimum Gasteiger partial charge on any atom is -0.369 e. The quantitative estimate of drug-likeness (QED) is 0.783. The molecule has 0 atom stereocenters. The van der Waals surface area contributed by atoms with E-state index in [4.69, 9.17) is 5.73 Å². The number of aromatic nitrogens is 1. The number of rotatable bonds is 4. The second kappa shape index (κ2) is 5.44. The fourth-order valence-corrected chi connectivity index (χ4v) is 2.67. The summed E-state index contributed by atoms with van der Waals surface area (Å²) in [6.45, 7) is 2.87.